The highest BCUT2D eigenvalue weighted by molar-refractivity contribution is 7.86. The first-order valence-electron chi connectivity index (χ1n) is 6.82. The van der Waals surface area contributed by atoms with E-state index in [4.69, 9.17) is 0 Å². The van der Waals surface area contributed by atoms with E-state index in [-0.39, 0.29) is 18.9 Å². The summed E-state index contributed by atoms with van der Waals surface area (Å²) in [4.78, 5) is 13.4. The van der Waals surface area contributed by atoms with E-state index in [9.17, 15) is 17.1 Å². The van der Waals surface area contributed by atoms with E-state index in [2.05, 4.69) is 14.9 Å². The second-order valence-corrected chi connectivity index (χ2v) is 6.83. The quantitative estimate of drug-likeness (QED) is 0.758. The maximum atomic E-state index is 12.7. The Balaban J connectivity index is 1.64. The van der Waals surface area contributed by atoms with Gasteiger partial charge in [0.05, 0.1) is 5.75 Å². The summed E-state index contributed by atoms with van der Waals surface area (Å²) in [5.74, 6) is -1.23. The molecule has 7 nitrogen and oxygen atoms in total. The largest absolute Gasteiger partial charge is 0.342 e. The standard InChI is InChI=1S/C13H14FN3O4S/c14-22(19,20)8-9-6-12(18)17(7-9)5-4-10-2-1-3-11-13(10)16-21-15-11/h1-3,9H,4-8H2. The molecule has 0 aliphatic carbocycles. The molecule has 2 aromatic rings. The van der Waals surface area contributed by atoms with Crippen LogP contribution in [0.3, 0.4) is 0 Å². The van der Waals surface area contributed by atoms with Crippen LogP contribution in [0.4, 0.5) is 3.89 Å². The number of carbonyl (C=O) groups is 1. The number of hydrogen-bond donors (Lipinski definition) is 0. The Labute approximate surface area is 126 Å². The first kappa shape index (κ1) is 14.9. The van der Waals surface area contributed by atoms with Crippen molar-refractivity contribution >= 4 is 27.2 Å². The molecule has 2 heterocycles. The highest BCUT2D eigenvalue weighted by Crippen LogP contribution is 2.21. The van der Waals surface area contributed by atoms with Crippen LogP contribution in [0.15, 0.2) is 22.8 Å². The Morgan fingerprint density at radius 1 is 1.36 bits per heavy atom. The topological polar surface area (TPSA) is 93.4 Å². The number of halogens is 1. The van der Waals surface area contributed by atoms with Gasteiger partial charge in [0.15, 0.2) is 0 Å². The van der Waals surface area contributed by atoms with Gasteiger partial charge in [0, 0.05) is 25.4 Å². The molecule has 3 rings (SSSR count). The van der Waals surface area contributed by atoms with Crippen molar-refractivity contribution in [1.82, 2.24) is 15.2 Å². The highest BCUT2D eigenvalue weighted by atomic mass is 32.3. The maximum absolute atomic E-state index is 12.7. The van der Waals surface area contributed by atoms with Gasteiger partial charge in [-0.25, -0.2) is 4.63 Å². The van der Waals surface area contributed by atoms with Crippen molar-refractivity contribution in [2.24, 2.45) is 5.92 Å². The molecule has 1 unspecified atom stereocenters. The zero-order valence-corrected chi connectivity index (χ0v) is 12.4. The number of nitrogens with zero attached hydrogens (tertiary/aromatic N) is 3. The number of hydrogen-bond acceptors (Lipinski definition) is 6. The van der Waals surface area contributed by atoms with Crippen molar-refractivity contribution in [2.75, 3.05) is 18.8 Å². The molecule has 0 N–H and O–H groups in total. The van der Waals surface area contributed by atoms with Gasteiger partial charge >= 0.3 is 10.2 Å². The fourth-order valence-corrected chi connectivity index (χ4v) is 3.57. The van der Waals surface area contributed by atoms with Gasteiger partial charge in [-0.05, 0) is 28.4 Å². The molecule has 0 bridgehead atoms. The molecule has 1 aliphatic heterocycles. The van der Waals surface area contributed by atoms with Crippen LogP contribution in [0.2, 0.25) is 0 Å². The number of benzene rings is 1. The monoisotopic (exact) mass is 327 g/mol. The van der Waals surface area contributed by atoms with Crippen molar-refractivity contribution in [3.8, 4) is 0 Å². The lowest BCUT2D eigenvalue weighted by Crippen LogP contribution is -2.28. The Kier molecular flexibility index (Phi) is 3.81. The fourth-order valence-electron chi connectivity index (χ4n) is 2.78. The van der Waals surface area contributed by atoms with Gasteiger partial charge in [-0.3, -0.25) is 4.79 Å². The maximum Gasteiger partial charge on any atom is 0.302 e. The summed E-state index contributed by atoms with van der Waals surface area (Å²) in [6.45, 7) is 0.683. The van der Waals surface area contributed by atoms with Crippen LogP contribution in [0, 0.1) is 5.92 Å². The lowest BCUT2D eigenvalue weighted by molar-refractivity contribution is -0.127. The molecular weight excluding hydrogens is 313 g/mol. The third kappa shape index (κ3) is 3.24. The smallest absolute Gasteiger partial charge is 0.302 e. The minimum atomic E-state index is -4.55. The third-order valence-corrected chi connectivity index (χ3v) is 4.62. The summed E-state index contributed by atoms with van der Waals surface area (Å²) >= 11 is 0. The summed E-state index contributed by atoms with van der Waals surface area (Å²) in [6.07, 6.45) is 0.616. The molecule has 0 radical (unpaired) electrons. The van der Waals surface area contributed by atoms with E-state index in [1.165, 1.54) is 0 Å². The molecule has 22 heavy (non-hydrogen) atoms. The van der Waals surface area contributed by atoms with Crippen LogP contribution >= 0.6 is 0 Å². The zero-order valence-electron chi connectivity index (χ0n) is 11.6. The Morgan fingerprint density at radius 3 is 2.95 bits per heavy atom. The highest BCUT2D eigenvalue weighted by Gasteiger charge is 2.32. The van der Waals surface area contributed by atoms with E-state index in [0.29, 0.717) is 24.0 Å². The molecule has 1 aromatic heterocycles. The third-order valence-electron chi connectivity index (χ3n) is 3.75. The van der Waals surface area contributed by atoms with Gasteiger partial charge in [-0.15, -0.1) is 3.89 Å². The molecule has 9 heteroatoms. The van der Waals surface area contributed by atoms with Crippen molar-refractivity contribution in [1.29, 1.82) is 0 Å². The van der Waals surface area contributed by atoms with Crippen LogP contribution in [-0.4, -0.2) is 48.4 Å². The number of fused-ring (bicyclic) bond motifs is 1. The number of rotatable bonds is 5. The van der Waals surface area contributed by atoms with E-state index in [0.717, 1.165) is 5.56 Å². The van der Waals surface area contributed by atoms with Crippen molar-refractivity contribution < 1.29 is 21.7 Å². The summed E-state index contributed by atoms with van der Waals surface area (Å²) < 4.78 is 38.7. The van der Waals surface area contributed by atoms with Gasteiger partial charge in [0.25, 0.3) is 0 Å². The second kappa shape index (κ2) is 5.64. The molecule has 1 aromatic carbocycles. The van der Waals surface area contributed by atoms with Crippen LogP contribution in [-0.2, 0) is 21.4 Å². The average molecular weight is 327 g/mol. The normalized spacial score (nSPS) is 19.2. The molecule has 1 saturated heterocycles. The molecule has 1 aliphatic rings. The molecule has 1 atom stereocenters. The minimum Gasteiger partial charge on any atom is -0.342 e. The molecular formula is C13H14FN3O4S. The van der Waals surface area contributed by atoms with E-state index in [1.807, 2.05) is 12.1 Å². The van der Waals surface area contributed by atoms with E-state index in [1.54, 1.807) is 11.0 Å². The first-order chi connectivity index (χ1) is 10.4. The van der Waals surface area contributed by atoms with Crippen LogP contribution in [0.25, 0.3) is 11.0 Å². The summed E-state index contributed by atoms with van der Waals surface area (Å²) in [5, 5.41) is 7.58. The van der Waals surface area contributed by atoms with E-state index < -0.39 is 21.9 Å². The molecule has 118 valence electrons. The van der Waals surface area contributed by atoms with Gasteiger partial charge in [0.2, 0.25) is 5.91 Å². The number of carbonyl (C=O) groups excluding carboxylic acids is 1. The minimum absolute atomic E-state index is 0.0683. The van der Waals surface area contributed by atoms with Crippen LogP contribution in [0.1, 0.15) is 12.0 Å². The number of likely N-dealkylation sites (tertiary alicyclic amines) is 1. The lowest BCUT2D eigenvalue weighted by atomic mass is 10.1. The SMILES string of the molecule is O=C1CC(CS(=O)(=O)F)CN1CCc1cccc2nonc12. The summed E-state index contributed by atoms with van der Waals surface area (Å²) in [6, 6.07) is 5.47. The summed E-state index contributed by atoms with van der Waals surface area (Å²) in [5.41, 5.74) is 2.19. The second-order valence-electron chi connectivity index (χ2n) is 5.41. The Morgan fingerprint density at radius 2 is 2.18 bits per heavy atom. The molecule has 1 fully saturated rings. The van der Waals surface area contributed by atoms with Gasteiger partial charge in [-0.1, -0.05) is 12.1 Å². The predicted octanol–water partition coefficient (Wildman–Crippen LogP) is 0.913. The Bertz CT molecular complexity index is 804. The average Bonchev–Trinajstić information content (AvgIpc) is 3.01. The van der Waals surface area contributed by atoms with Gasteiger partial charge < -0.3 is 4.90 Å². The lowest BCUT2D eigenvalue weighted by Gasteiger charge is -2.16. The Hall–Kier alpha value is -2.03. The molecule has 0 spiro atoms. The summed E-state index contributed by atoms with van der Waals surface area (Å²) in [7, 11) is -4.55. The van der Waals surface area contributed by atoms with Crippen LogP contribution < -0.4 is 0 Å². The first-order valence-corrected chi connectivity index (χ1v) is 8.38. The van der Waals surface area contributed by atoms with Crippen molar-refractivity contribution in [2.45, 2.75) is 12.8 Å². The van der Waals surface area contributed by atoms with Crippen molar-refractivity contribution in [3.05, 3.63) is 23.8 Å². The predicted molar refractivity (Wildman–Crippen MR) is 75.1 cm³/mol. The number of aromatic nitrogens is 2. The van der Waals surface area contributed by atoms with Crippen molar-refractivity contribution in [3.63, 3.8) is 0 Å². The molecule has 1 amide bonds. The zero-order chi connectivity index (χ0) is 15.7. The van der Waals surface area contributed by atoms with Gasteiger partial charge in [0.1, 0.15) is 11.0 Å². The van der Waals surface area contributed by atoms with Gasteiger partial charge in [-0.2, -0.15) is 8.42 Å². The fraction of sp³-hybridized carbons (Fsp3) is 0.462. The van der Waals surface area contributed by atoms with E-state index >= 15 is 0 Å². The molecule has 0 saturated carbocycles. The van der Waals surface area contributed by atoms with Crippen LogP contribution in [0.5, 0.6) is 0 Å². The number of amides is 1.